The lowest BCUT2D eigenvalue weighted by Gasteiger charge is -2.14. The van der Waals surface area contributed by atoms with Gasteiger partial charge in [-0.05, 0) is 29.8 Å². The minimum absolute atomic E-state index is 0.0503. The van der Waals surface area contributed by atoms with Crippen molar-refractivity contribution in [2.24, 2.45) is 0 Å². The summed E-state index contributed by atoms with van der Waals surface area (Å²) >= 11 is 0. The van der Waals surface area contributed by atoms with Crippen LogP contribution in [-0.4, -0.2) is 17.0 Å². The summed E-state index contributed by atoms with van der Waals surface area (Å²) < 4.78 is 31.3. The Hall–Kier alpha value is -2.70. The summed E-state index contributed by atoms with van der Waals surface area (Å²) in [6.45, 7) is 1.84. The Labute approximate surface area is 124 Å². The predicted molar refractivity (Wildman–Crippen MR) is 72.3 cm³/mol. The van der Waals surface area contributed by atoms with E-state index >= 15 is 0 Å². The van der Waals surface area contributed by atoms with E-state index in [2.05, 4.69) is 5.32 Å². The van der Waals surface area contributed by atoms with Gasteiger partial charge in [-0.1, -0.05) is 13.0 Å². The number of carboxylic acids is 1. The molecule has 1 heterocycles. The van der Waals surface area contributed by atoms with E-state index in [0.717, 1.165) is 18.2 Å². The van der Waals surface area contributed by atoms with Crippen LogP contribution in [-0.2, 0) is 11.2 Å². The van der Waals surface area contributed by atoms with Crippen LogP contribution in [0.4, 0.5) is 8.78 Å². The van der Waals surface area contributed by atoms with Gasteiger partial charge >= 0.3 is 5.97 Å². The average molecular weight is 309 g/mol. The van der Waals surface area contributed by atoms with E-state index in [1.165, 1.54) is 6.07 Å². The van der Waals surface area contributed by atoms with E-state index in [9.17, 15) is 23.5 Å². The number of aryl methyl sites for hydroxylation is 1. The highest BCUT2D eigenvalue weighted by Crippen LogP contribution is 2.18. The highest BCUT2D eigenvalue weighted by molar-refractivity contribution is 5.94. The Morgan fingerprint density at radius 1 is 1.23 bits per heavy atom. The summed E-state index contributed by atoms with van der Waals surface area (Å²) in [5, 5.41) is 11.4. The van der Waals surface area contributed by atoms with Crippen molar-refractivity contribution in [1.82, 2.24) is 5.32 Å². The number of hydrogen-bond acceptors (Lipinski definition) is 3. The van der Waals surface area contributed by atoms with Gasteiger partial charge in [-0.25, -0.2) is 13.6 Å². The number of carbonyl (C=O) groups excluding carboxylic acids is 1. The Balaban J connectivity index is 2.23. The predicted octanol–water partition coefficient (Wildman–Crippen LogP) is 2.68. The Morgan fingerprint density at radius 2 is 1.95 bits per heavy atom. The summed E-state index contributed by atoms with van der Waals surface area (Å²) in [5.74, 6) is -3.92. The van der Waals surface area contributed by atoms with Crippen molar-refractivity contribution in [3.8, 4) is 0 Å². The van der Waals surface area contributed by atoms with Crippen LogP contribution in [0.1, 0.15) is 34.8 Å². The van der Waals surface area contributed by atoms with Crippen LogP contribution in [0.3, 0.4) is 0 Å². The molecule has 0 saturated heterocycles. The maximum atomic E-state index is 13.2. The van der Waals surface area contributed by atoms with Crippen molar-refractivity contribution in [3.63, 3.8) is 0 Å². The molecule has 0 aliphatic heterocycles. The van der Waals surface area contributed by atoms with Gasteiger partial charge in [0, 0.05) is 6.42 Å². The lowest BCUT2D eigenvalue weighted by Crippen LogP contribution is -2.33. The molecule has 1 aromatic carbocycles. The monoisotopic (exact) mass is 309 g/mol. The largest absolute Gasteiger partial charge is 0.479 e. The Kier molecular flexibility index (Phi) is 4.55. The van der Waals surface area contributed by atoms with Gasteiger partial charge in [-0.2, -0.15) is 0 Å². The molecule has 0 aliphatic carbocycles. The minimum Gasteiger partial charge on any atom is -0.479 e. The number of rotatable bonds is 5. The highest BCUT2D eigenvalue weighted by Gasteiger charge is 2.25. The standard InChI is InChI=1S/C15H13F2NO4/c1-2-9-4-6-12(22-9)14(19)18-13(15(20)21)8-3-5-10(16)11(17)7-8/h3-7,13H,2H2,1H3,(H,18,19)(H,20,21). The number of benzene rings is 1. The second-order valence-electron chi connectivity index (χ2n) is 4.54. The molecule has 1 unspecified atom stereocenters. The first-order valence-electron chi connectivity index (χ1n) is 6.49. The van der Waals surface area contributed by atoms with Crippen molar-refractivity contribution in [3.05, 3.63) is 59.1 Å². The first-order chi connectivity index (χ1) is 10.4. The molecule has 0 saturated carbocycles. The van der Waals surface area contributed by atoms with E-state index in [4.69, 9.17) is 4.42 Å². The number of carboxylic acid groups (broad SMARTS) is 1. The van der Waals surface area contributed by atoms with Crippen molar-refractivity contribution < 1.29 is 27.9 Å². The number of nitrogens with one attached hydrogen (secondary N) is 1. The second kappa shape index (κ2) is 6.38. The molecule has 0 aliphatic rings. The minimum atomic E-state index is -1.52. The molecule has 2 N–H and O–H groups in total. The van der Waals surface area contributed by atoms with Gasteiger partial charge in [0.25, 0.3) is 5.91 Å². The topological polar surface area (TPSA) is 79.5 Å². The van der Waals surface area contributed by atoms with Crippen molar-refractivity contribution >= 4 is 11.9 Å². The van der Waals surface area contributed by atoms with E-state index in [1.807, 2.05) is 6.92 Å². The average Bonchev–Trinajstić information content (AvgIpc) is 2.96. The first kappa shape index (κ1) is 15.7. The van der Waals surface area contributed by atoms with E-state index in [1.54, 1.807) is 6.07 Å². The molecule has 1 aromatic heterocycles. The summed E-state index contributed by atoms with van der Waals surface area (Å²) in [4.78, 5) is 23.2. The fourth-order valence-corrected chi connectivity index (χ4v) is 1.87. The Morgan fingerprint density at radius 3 is 2.50 bits per heavy atom. The van der Waals surface area contributed by atoms with Gasteiger partial charge in [0.05, 0.1) is 0 Å². The third-order valence-electron chi connectivity index (χ3n) is 3.03. The summed E-state index contributed by atoms with van der Waals surface area (Å²) in [7, 11) is 0. The zero-order chi connectivity index (χ0) is 16.3. The number of halogens is 2. The van der Waals surface area contributed by atoms with Crippen molar-refractivity contribution in [2.75, 3.05) is 0 Å². The van der Waals surface area contributed by atoms with Gasteiger partial charge in [-0.15, -0.1) is 0 Å². The maximum Gasteiger partial charge on any atom is 0.330 e. The molecule has 0 radical (unpaired) electrons. The van der Waals surface area contributed by atoms with Gasteiger partial charge in [0.15, 0.2) is 23.4 Å². The summed E-state index contributed by atoms with van der Waals surface area (Å²) in [5.41, 5.74) is -0.0815. The second-order valence-corrected chi connectivity index (χ2v) is 4.54. The van der Waals surface area contributed by atoms with Crippen LogP contribution >= 0.6 is 0 Å². The van der Waals surface area contributed by atoms with Crippen molar-refractivity contribution in [1.29, 1.82) is 0 Å². The number of hydrogen-bond donors (Lipinski definition) is 2. The molecule has 0 bridgehead atoms. The maximum absolute atomic E-state index is 13.2. The van der Waals surface area contributed by atoms with Crippen LogP contribution in [0.15, 0.2) is 34.7 Å². The molecule has 7 heteroatoms. The van der Waals surface area contributed by atoms with E-state index in [0.29, 0.717) is 12.2 Å². The van der Waals surface area contributed by atoms with Crippen LogP contribution in [0.5, 0.6) is 0 Å². The van der Waals surface area contributed by atoms with Gasteiger partial charge in [0.2, 0.25) is 0 Å². The van der Waals surface area contributed by atoms with Gasteiger partial charge in [-0.3, -0.25) is 4.79 Å². The van der Waals surface area contributed by atoms with Crippen LogP contribution < -0.4 is 5.32 Å². The SMILES string of the molecule is CCc1ccc(C(=O)NC(C(=O)O)c2ccc(F)c(F)c2)o1. The third-order valence-corrected chi connectivity index (χ3v) is 3.03. The lowest BCUT2D eigenvalue weighted by molar-refractivity contribution is -0.139. The molecule has 0 spiro atoms. The fourth-order valence-electron chi connectivity index (χ4n) is 1.87. The molecule has 1 amide bonds. The fraction of sp³-hybridized carbons (Fsp3) is 0.200. The van der Waals surface area contributed by atoms with Crippen LogP contribution in [0.25, 0.3) is 0 Å². The van der Waals surface area contributed by atoms with Gasteiger partial charge < -0.3 is 14.8 Å². The number of amides is 1. The number of aliphatic carboxylic acids is 1. The Bertz CT molecular complexity index is 711. The van der Waals surface area contributed by atoms with Gasteiger partial charge in [0.1, 0.15) is 5.76 Å². The quantitative estimate of drug-likeness (QED) is 0.890. The first-order valence-corrected chi connectivity index (χ1v) is 6.49. The molecule has 5 nitrogen and oxygen atoms in total. The third kappa shape index (κ3) is 3.30. The molecule has 0 fully saturated rings. The molecule has 116 valence electrons. The van der Waals surface area contributed by atoms with Crippen LogP contribution in [0.2, 0.25) is 0 Å². The molecule has 2 rings (SSSR count). The summed E-state index contributed by atoms with van der Waals surface area (Å²) in [6, 6.07) is 4.12. The molecule has 22 heavy (non-hydrogen) atoms. The molecule has 2 aromatic rings. The van der Waals surface area contributed by atoms with E-state index < -0.39 is 29.6 Å². The summed E-state index contributed by atoms with van der Waals surface area (Å²) in [6.07, 6.45) is 0.582. The molecule has 1 atom stereocenters. The van der Waals surface area contributed by atoms with Crippen molar-refractivity contribution in [2.45, 2.75) is 19.4 Å². The molecular formula is C15H13F2NO4. The van der Waals surface area contributed by atoms with E-state index in [-0.39, 0.29) is 11.3 Å². The lowest BCUT2D eigenvalue weighted by atomic mass is 10.1. The van der Waals surface area contributed by atoms with Crippen LogP contribution in [0, 0.1) is 11.6 Å². The number of carbonyl (C=O) groups is 2. The number of furan rings is 1. The zero-order valence-electron chi connectivity index (χ0n) is 11.6. The molecular weight excluding hydrogens is 296 g/mol. The smallest absolute Gasteiger partial charge is 0.330 e. The normalized spacial score (nSPS) is 12.0. The highest BCUT2D eigenvalue weighted by atomic mass is 19.2. The zero-order valence-corrected chi connectivity index (χ0v) is 11.6.